The maximum absolute atomic E-state index is 12.7. The van der Waals surface area contributed by atoms with E-state index in [1.165, 1.54) is 0 Å². The van der Waals surface area contributed by atoms with E-state index in [4.69, 9.17) is 9.47 Å². The van der Waals surface area contributed by atoms with E-state index >= 15 is 0 Å². The molecular weight excluding hydrogens is 290 g/mol. The lowest BCUT2D eigenvalue weighted by Crippen LogP contribution is -2.48. The van der Waals surface area contributed by atoms with Crippen molar-refractivity contribution in [3.05, 3.63) is 0 Å². The average Bonchev–Trinajstić information content (AvgIpc) is 2.35. The highest BCUT2D eigenvalue weighted by molar-refractivity contribution is 5.77. The molecule has 1 amide bonds. The number of amides is 1. The van der Waals surface area contributed by atoms with Gasteiger partial charge in [0.25, 0.3) is 0 Å². The molecule has 2 aliphatic rings. The Hall–Kier alpha value is -0.610. The van der Waals surface area contributed by atoms with Crippen LogP contribution in [0.15, 0.2) is 0 Å². The maximum atomic E-state index is 12.7. The number of rotatable bonds is 5. The van der Waals surface area contributed by atoms with Gasteiger partial charge in [-0.1, -0.05) is 13.3 Å². The number of ether oxygens (including phenoxy) is 2. The van der Waals surface area contributed by atoms with Gasteiger partial charge in [0, 0.05) is 25.7 Å². The van der Waals surface area contributed by atoms with E-state index < -0.39 is 0 Å². The molecule has 0 aromatic carbocycles. The van der Waals surface area contributed by atoms with Crippen molar-refractivity contribution in [2.45, 2.75) is 96.8 Å². The molecule has 0 saturated carbocycles. The van der Waals surface area contributed by atoms with Crippen molar-refractivity contribution < 1.29 is 14.3 Å². The van der Waals surface area contributed by atoms with E-state index in [9.17, 15) is 4.79 Å². The number of carbonyl (C=O) groups excluding carboxylic acids is 1. The topological polar surface area (TPSA) is 47.6 Å². The van der Waals surface area contributed by atoms with Crippen LogP contribution in [0.1, 0.15) is 79.6 Å². The third kappa shape index (κ3) is 5.46. The Kier molecular flexibility index (Phi) is 5.78. The summed E-state index contributed by atoms with van der Waals surface area (Å²) in [5.41, 5.74) is -0.145. The summed E-state index contributed by atoms with van der Waals surface area (Å²) < 4.78 is 11.6. The molecule has 4 heteroatoms. The molecule has 2 rings (SSSR count). The summed E-state index contributed by atoms with van der Waals surface area (Å²) in [6, 6.07) is 0.248. The van der Waals surface area contributed by atoms with Crippen LogP contribution in [0.2, 0.25) is 0 Å². The van der Waals surface area contributed by atoms with Gasteiger partial charge in [-0.15, -0.1) is 0 Å². The molecule has 2 saturated heterocycles. The molecule has 4 nitrogen and oxygen atoms in total. The van der Waals surface area contributed by atoms with Crippen LogP contribution < -0.4 is 5.32 Å². The van der Waals surface area contributed by atoms with Crippen LogP contribution in [0.3, 0.4) is 0 Å². The Bertz CT molecular complexity index is 415. The van der Waals surface area contributed by atoms with Gasteiger partial charge in [-0.3, -0.25) is 4.79 Å². The predicted octanol–water partition coefficient (Wildman–Crippen LogP) is 3.83. The molecule has 23 heavy (non-hydrogen) atoms. The fourth-order valence-electron chi connectivity index (χ4n) is 4.54. The van der Waals surface area contributed by atoms with Crippen LogP contribution >= 0.6 is 0 Å². The van der Waals surface area contributed by atoms with Gasteiger partial charge in [0.1, 0.15) is 0 Å². The van der Waals surface area contributed by atoms with Crippen molar-refractivity contribution in [1.29, 1.82) is 0 Å². The van der Waals surface area contributed by atoms with Crippen LogP contribution in [0.4, 0.5) is 0 Å². The van der Waals surface area contributed by atoms with Gasteiger partial charge >= 0.3 is 0 Å². The normalized spacial score (nSPS) is 33.2. The van der Waals surface area contributed by atoms with Crippen molar-refractivity contribution in [3.8, 4) is 0 Å². The fourth-order valence-corrected chi connectivity index (χ4v) is 4.54. The second kappa shape index (κ2) is 7.10. The van der Waals surface area contributed by atoms with Crippen molar-refractivity contribution >= 4 is 5.91 Å². The standard InChI is InChI=1S/C19H35NO3/c1-6-8-19(9-11-23-18(4,5)14-19)13-16(21)20-15-7-10-22-17(2,3)12-15/h15H,6-14H2,1-5H3,(H,20,21)/t15-,19-/m1/s1. The summed E-state index contributed by atoms with van der Waals surface area (Å²) >= 11 is 0. The lowest BCUT2D eigenvalue weighted by molar-refractivity contribution is -0.136. The van der Waals surface area contributed by atoms with Crippen LogP contribution in [-0.4, -0.2) is 36.4 Å². The first-order valence-electron chi connectivity index (χ1n) is 9.23. The zero-order valence-corrected chi connectivity index (χ0v) is 15.7. The third-order valence-electron chi connectivity index (χ3n) is 5.30. The van der Waals surface area contributed by atoms with Gasteiger partial charge in [-0.05, 0) is 65.2 Å². The van der Waals surface area contributed by atoms with E-state index in [1.807, 2.05) is 0 Å². The minimum atomic E-state index is -0.127. The van der Waals surface area contributed by atoms with E-state index in [-0.39, 0.29) is 28.6 Å². The summed E-state index contributed by atoms with van der Waals surface area (Å²) in [5.74, 6) is 0.207. The lowest BCUT2D eigenvalue weighted by Gasteiger charge is -2.45. The number of hydrogen-bond donors (Lipinski definition) is 1. The Labute approximate surface area is 141 Å². The van der Waals surface area contributed by atoms with Gasteiger partial charge in [0.2, 0.25) is 5.91 Å². The molecule has 0 spiro atoms. The van der Waals surface area contributed by atoms with E-state index in [0.29, 0.717) is 6.42 Å². The molecule has 134 valence electrons. The third-order valence-corrected chi connectivity index (χ3v) is 5.30. The molecule has 2 fully saturated rings. The smallest absolute Gasteiger partial charge is 0.220 e. The summed E-state index contributed by atoms with van der Waals surface area (Å²) in [5, 5.41) is 3.27. The van der Waals surface area contributed by atoms with Crippen LogP contribution in [0, 0.1) is 5.41 Å². The zero-order chi connectivity index (χ0) is 17.1. The summed E-state index contributed by atoms with van der Waals surface area (Å²) in [7, 11) is 0. The minimum Gasteiger partial charge on any atom is -0.376 e. The summed E-state index contributed by atoms with van der Waals surface area (Å²) in [6.45, 7) is 12.2. The van der Waals surface area contributed by atoms with Gasteiger partial charge in [0.05, 0.1) is 11.2 Å². The van der Waals surface area contributed by atoms with Gasteiger partial charge < -0.3 is 14.8 Å². The molecule has 0 aromatic heterocycles. The van der Waals surface area contributed by atoms with Crippen molar-refractivity contribution in [1.82, 2.24) is 5.32 Å². The van der Waals surface area contributed by atoms with Crippen LogP contribution in [-0.2, 0) is 14.3 Å². The zero-order valence-electron chi connectivity index (χ0n) is 15.7. The van der Waals surface area contributed by atoms with Gasteiger partial charge in [-0.2, -0.15) is 0 Å². The number of hydrogen-bond acceptors (Lipinski definition) is 3. The lowest BCUT2D eigenvalue weighted by atomic mass is 9.69. The number of nitrogens with one attached hydrogen (secondary N) is 1. The number of carbonyl (C=O) groups is 1. The highest BCUT2D eigenvalue weighted by Crippen LogP contribution is 2.45. The Morgan fingerprint density at radius 2 is 1.83 bits per heavy atom. The van der Waals surface area contributed by atoms with Crippen molar-refractivity contribution in [2.75, 3.05) is 13.2 Å². The fraction of sp³-hybridized carbons (Fsp3) is 0.947. The Morgan fingerprint density at radius 1 is 1.13 bits per heavy atom. The maximum Gasteiger partial charge on any atom is 0.220 e. The predicted molar refractivity (Wildman–Crippen MR) is 92.4 cm³/mol. The molecule has 1 N–H and O–H groups in total. The first kappa shape index (κ1) is 18.7. The first-order chi connectivity index (χ1) is 10.7. The highest BCUT2D eigenvalue weighted by atomic mass is 16.5. The van der Waals surface area contributed by atoms with Crippen molar-refractivity contribution in [2.24, 2.45) is 5.41 Å². The molecule has 2 heterocycles. The molecule has 0 radical (unpaired) electrons. The Morgan fingerprint density at radius 3 is 2.43 bits per heavy atom. The SMILES string of the molecule is CCC[C@]1(CC(=O)N[C@@H]2CCOC(C)(C)C2)CCOC(C)(C)C1. The quantitative estimate of drug-likeness (QED) is 0.836. The molecule has 0 unspecified atom stereocenters. The van der Waals surface area contributed by atoms with Gasteiger partial charge in [0.15, 0.2) is 0 Å². The van der Waals surface area contributed by atoms with Crippen LogP contribution in [0.25, 0.3) is 0 Å². The largest absolute Gasteiger partial charge is 0.376 e. The second-order valence-corrected chi connectivity index (χ2v) is 8.83. The average molecular weight is 325 g/mol. The molecule has 0 aromatic rings. The molecule has 2 aliphatic heterocycles. The molecule has 0 aliphatic carbocycles. The van der Waals surface area contributed by atoms with Gasteiger partial charge in [-0.25, -0.2) is 0 Å². The molecule has 2 atom stereocenters. The second-order valence-electron chi connectivity index (χ2n) is 8.83. The molecule has 0 bridgehead atoms. The molecular formula is C19H35NO3. The minimum absolute atomic E-state index is 0.0985. The Balaban J connectivity index is 1.95. The monoisotopic (exact) mass is 325 g/mol. The highest BCUT2D eigenvalue weighted by Gasteiger charge is 2.42. The first-order valence-corrected chi connectivity index (χ1v) is 9.23. The van der Waals surface area contributed by atoms with Crippen molar-refractivity contribution in [3.63, 3.8) is 0 Å². The summed E-state index contributed by atoms with van der Waals surface area (Å²) in [6.07, 6.45) is 6.64. The van der Waals surface area contributed by atoms with E-state index in [1.54, 1.807) is 0 Å². The van der Waals surface area contributed by atoms with Crippen LogP contribution in [0.5, 0.6) is 0 Å². The summed E-state index contributed by atoms with van der Waals surface area (Å²) in [4.78, 5) is 12.7. The van der Waals surface area contributed by atoms with E-state index in [0.717, 1.165) is 51.7 Å². The van der Waals surface area contributed by atoms with E-state index in [2.05, 4.69) is 39.9 Å².